The molecule has 0 heterocycles. The number of alkyl carbamates (subject to hydrolysis) is 1. The van der Waals surface area contributed by atoms with E-state index in [1.165, 1.54) is 19.3 Å². The molecule has 5 heteroatoms. The van der Waals surface area contributed by atoms with Crippen molar-refractivity contribution in [2.24, 2.45) is 11.8 Å². The van der Waals surface area contributed by atoms with Crippen LogP contribution in [-0.4, -0.2) is 34.6 Å². The van der Waals surface area contributed by atoms with Crippen LogP contribution in [0.25, 0.3) is 0 Å². The summed E-state index contributed by atoms with van der Waals surface area (Å²) in [6.07, 6.45) is 5.06. The number of aliphatic hydroxyl groups excluding tert-OH is 2. The summed E-state index contributed by atoms with van der Waals surface area (Å²) in [5.74, 6) is 0.573. The fourth-order valence-electron chi connectivity index (χ4n) is 3.69. The van der Waals surface area contributed by atoms with Crippen molar-refractivity contribution in [1.82, 2.24) is 5.32 Å². The van der Waals surface area contributed by atoms with Gasteiger partial charge in [-0.15, -0.1) is 0 Å². The van der Waals surface area contributed by atoms with Crippen molar-refractivity contribution in [3.05, 3.63) is 35.9 Å². The smallest absolute Gasteiger partial charge is 0.407 e. The van der Waals surface area contributed by atoms with Crippen LogP contribution in [0.2, 0.25) is 0 Å². The summed E-state index contributed by atoms with van der Waals surface area (Å²) in [4.78, 5) is 12.3. The Morgan fingerprint density at radius 2 is 1.78 bits per heavy atom. The average molecular weight is 378 g/mol. The van der Waals surface area contributed by atoms with E-state index in [1.807, 2.05) is 44.2 Å². The molecule has 0 aromatic heterocycles. The fourth-order valence-corrected chi connectivity index (χ4v) is 3.69. The van der Waals surface area contributed by atoms with E-state index in [1.54, 1.807) is 0 Å². The molecule has 1 aromatic carbocycles. The quantitative estimate of drug-likeness (QED) is 0.607. The zero-order chi connectivity index (χ0) is 19.6. The zero-order valence-electron chi connectivity index (χ0n) is 16.6. The molecule has 0 radical (unpaired) electrons. The molecule has 0 spiro atoms. The number of rotatable bonds is 9. The van der Waals surface area contributed by atoms with Gasteiger partial charge in [0.05, 0.1) is 18.2 Å². The molecular weight excluding hydrogens is 342 g/mol. The van der Waals surface area contributed by atoms with Gasteiger partial charge < -0.3 is 20.3 Å². The van der Waals surface area contributed by atoms with Crippen LogP contribution in [0.15, 0.2) is 30.3 Å². The number of ether oxygens (including phenoxy) is 1. The molecule has 0 unspecified atom stereocenters. The summed E-state index contributed by atoms with van der Waals surface area (Å²) in [7, 11) is 0. The average Bonchev–Trinajstić information content (AvgIpc) is 2.67. The molecule has 0 saturated heterocycles. The van der Waals surface area contributed by atoms with Gasteiger partial charge in [0.25, 0.3) is 0 Å². The van der Waals surface area contributed by atoms with Crippen LogP contribution < -0.4 is 5.32 Å². The van der Waals surface area contributed by atoms with Crippen LogP contribution in [0.3, 0.4) is 0 Å². The highest BCUT2D eigenvalue weighted by Crippen LogP contribution is 2.28. The maximum absolute atomic E-state index is 12.3. The molecule has 3 N–H and O–H groups in total. The molecule has 1 saturated carbocycles. The Labute approximate surface area is 163 Å². The lowest BCUT2D eigenvalue weighted by Crippen LogP contribution is -2.46. The highest BCUT2D eigenvalue weighted by Gasteiger charge is 2.28. The number of hydrogen-bond acceptors (Lipinski definition) is 4. The minimum atomic E-state index is -0.784. The predicted octanol–water partition coefficient (Wildman–Crippen LogP) is 4.02. The molecule has 0 bridgehead atoms. The molecule has 0 aliphatic heterocycles. The van der Waals surface area contributed by atoms with Crippen molar-refractivity contribution < 1.29 is 19.7 Å². The molecule has 5 nitrogen and oxygen atoms in total. The van der Waals surface area contributed by atoms with Gasteiger partial charge in [-0.25, -0.2) is 4.79 Å². The molecule has 2 rings (SSSR count). The monoisotopic (exact) mass is 377 g/mol. The zero-order valence-corrected chi connectivity index (χ0v) is 16.6. The van der Waals surface area contributed by atoms with Gasteiger partial charge in [0.1, 0.15) is 6.61 Å². The van der Waals surface area contributed by atoms with E-state index >= 15 is 0 Å². The Balaban J connectivity index is 1.91. The highest BCUT2D eigenvalue weighted by atomic mass is 16.5. The van der Waals surface area contributed by atoms with Crippen LogP contribution in [-0.2, 0) is 11.3 Å². The van der Waals surface area contributed by atoms with Gasteiger partial charge in [0.2, 0.25) is 0 Å². The van der Waals surface area contributed by atoms with Gasteiger partial charge in [0, 0.05) is 6.42 Å². The van der Waals surface area contributed by atoms with Crippen LogP contribution in [0, 0.1) is 11.8 Å². The van der Waals surface area contributed by atoms with Crippen molar-refractivity contribution in [2.45, 2.75) is 83.6 Å². The number of nitrogens with one attached hydrogen (secondary N) is 1. The fraction of sp³-hybridized carbons (Fsp3) is 0.682. The summed E-state index contributed by atoms with van der Waals surface area (Å²) in [6.45, 7) is 4.05. The summed E-state index contributed by atoms with van der Waals surface area (Å²) < 4.78 is 5.33. The molecule has 152 valence electrons. The van der Waals surface area contributed by atoms with Crippen LogP contribution >= 0.6 is 0 Å². The summed E-state index contributed by atoms with van der Waals surface area (Å²) in [5, 5.41) is 23.7. The first kappa shape index (κ1) is 21.7. The van der Waals surface area contributed by atoms with Crippen LogP contribution in [0.5, 0.6) is 0 Å². The Morgan fingerprint density at radius 1 is 1.11 bits per heavy atom. The lowest BCUT2D eigenvalue weighted by Gasteiger charge is -2.31. The van der Waals surface area contributed by atoms with Gasteiger partial charge in [-0.1, -0.05) is 76.3 Å². The summed E-state index contributed by atoms with van der Waals surface area (Å²) >= 11 is 0. The lowest BCUT2D eigenvalue weighted by molar-refractivity contribution is 0.0270. The molecule has 1 aromatic rings. The Morgan fingerprint density at radius 3 is 2.41 bits per heavy atom. The van der Waals surface area contributed by atoms with Crippen molar-refractivity contribution in [1.29, 1.82) is 0 Å². The van der Waals surface area contributed by atoms with Gasteiger partial charge in [0.15, 0.2) is 0 Å². The maximum Gasteiger partial charge on any atom is 0.407 e. The third-order valence-corrected chi connectivity index (χ3v) is 5.55. The number of amides is 1. The maximum atomic E-state index is 12.3. The molecule has 1 amide bonds. The minimum Gasteiger partial charge on any atom is -0.445 e. The lowest BCUT2D eigenvalue weighted by atomic mass is 9.82. The Hall–Kier alpha value is -1.59. The van der Waals surface area contributed by atoms with Crippen LogP contribution in [0.1, 0.15) is 64.4 Å². The van der Waals surface area contributed by atoms with E-state index in [4.69, 9.17) is 4.74 Å². The van der Waals surface area contributed by atoms with E-state index in [0.717, 1.165) is 24.8 Å². The Kier molecular flexibility index (Phi) is 9.08. The van der Waals surface area contributed by atoms with Crippen molar-refractivity contribution in [2.75, 3.05) is 0 Å². The third-order valence-electron chi connectivity index (χ3n) is 5.55. The number of carbonyl (C=O) groups excluding carboxylic acids is 1. The standard InChI is InChI=1S/C22H35NO4/c1-16(2)20(24)14-21(25)19(13-17-9-5-3-6-10-17)23-22(26)27-15-18-11-7-4-8-12-18/h4,7-8,11-12,16-17,19-21,24-25H,3,5-6,9-10,13-15H2,1-2H3,(H,23,26)/t19-,20-,21-/m0/s1. The second kappa shape index (κ2) is 11.3. The van der Waals surface area contributed by atoms with E-state index in [2.05, 4.69) is 5.32 Å². The topological polar surface area (TPSA) is 78.8 Å². The predicted molar refractivity (Wildman–Crippen MR) is 106 cm³/mol. The summed E-state index contributed by atoms with van der Waals surface area (Å²) in [5.41, 5.74) is 0.923. The molecule has 3 atom stereocenters. The van der Waals surface area contributed by atoms with E-state index in [-0.39, 0.29) is 18.9 Å². The summed E-state index contributed by atoms with van der Waals surface area (Å²) in [6, 6.07) is 9.13. The largest absolute Gasteiger partial charge is 0.445 e. The van der Waals surface area contributed by atoms with Crippen LogP contribution in [0.4, 0.5) is 4.79 Å². The number of carbonyl (C=O) groups is 1. The van der Waals surface area contributed by atoms with Crippen molar-refractivity contribution >= 4 is 6.09 Å². The van der Waals surface area contributed by atoms with E-state index in [0.29, 0.717) is 5.92 Å². The molecule has 1 aliphatic rings. The van der Waals surface area contributed by atoms with Gasteiger partial charge in [-0.3, -0.25) is 0 Å². The number of benzene rings is 1. The molecular formula is C22H35NO4. The first-order valence-electron chi connectivity index (χ1n) is 10.3. The first-order valence-corrected chi connectivity index (χ1v) is 10.3. The van der Waals surface area contributed by atoms with E-state index in [9.17, 15) is 15.0 Å². The molecule has 27 heavy (non-hydrogen) atoms. The minimum absolute atomic E-state index is 0.0695. The number of hydrogen-bond donors (Lipinski definition) is 3. The third kappa shape index (κ3) is 7.89. The Bertz CT molecular complexity index is 543. The highest BCUT2D eigenvalue weighted by molar-refractivity contribution is 5.67. The van der Waals surface area contributed by atoms with Gasteiger partial charge >= 0.3 is 6.09 Å². The first-order chi connectivity index (χ1) is 13.0. The van der Waals surface area contributed by atoms with Gasteiger partial charge in [-0.2, -0.15) is 0 Å². The van der Waals surface area contributed by atoms with Crippen molar-refractivity contribution in [3.63, 3.8) is 0 Å². The SMILES string of the molecule is CC(C)[C@@H](O)C[C@H](O)[C@H](CC1CCCCC1)NC(=O)OCc1ccccc1. The second-order valence-corrected chi connectivity index (χ2v) is 8.17. The number of aliphatic hydroxyl groups is 2. The second-order valence-electron chi connectivity index (χ2n) is 8.17. The molecule has 1 aliphatic carbocycles. The van der Waals surface area contributed by atoms with Crippen molar-refractivity contribution in [3.8, 4) is 0 Å². The van der Waals surface area contributed by atoms with E-state index < -0.39 is 24.3 Å². The normalized spacial score (nSPS) is 18.7. The van der Waals surface area contributed by atoms with Gasteiger partial charge in [-0.05, 0) is 23.8 Å². The molecule has 1 fully saturated rings.